The second-order valence-electron chi connectivity index (χ2n) is 16.8. The molecular formula is C61H39NO2. The van der Waals surface area contributed by atoms with Crippen LogP contribution in [0.5, 0.6) is 0 Å². The number of furan rings is 2. The fourth-order valence-corrected chi connectivity index (χ4v) is 10.5. The van der Waals surface area contributed by atoms with Gasteiger partial charge in [0.15, 0.2) is 0 Å². The summed E-state index contributed by atoms with van der Waals surface area (Å²) in [5.41, 5.74) is 18.2. The number of hydrogen-bond acceptors (Lipinski definition) is 3. The molecule has 0 N–H and O–H groups in total. The van der Waals surface area contributed by atoms with Gasteiger partial charge in [-0.05, 0) is 111 Å². The van der Waals surface area contributed by atoms with Crippen LogP contribution >= 0.6 is 0 Å². The Bertz CT molecular complexity index is 3690. The Balaban J connectivity index is 0.991. The Morgan fingerprint density at radius 3 is 1.64 bits per heavy atom. The average molecular weight is 818 g/mol. The van der Waals surface area contributed by atoms with Crippen LogP contribution in [0.3, 0.4) is 0 Å². The van der Waals surface area contributed by atoms with Crippen molar-refractivity contribution in [2.45, 2.75) is 5.41 Å². The van der Waals surface area contributed by atoms with Crippen LogP contribution in [-0.4, -0.2) is 0 Å². The minimum atomic E-state index is -0.481. The lowest BCUT2D eigenvalue weighted by atomic mass is 9.68. The van der Waals surface area contributed by atoms with Gasteiger partial charge in [0.25, 0.3) is 0 Å². The number of para-hydroxylation sites is 3. The first-order valence-corrected chi connectivity index (χ1v) is 21.9. The molecule has 300 valence electrons. The predicted molar refractivity (Wildman–Crippen MR) is 264 cm³/mol. The van der Waals surface area contributed by atoms with E-state index in [0.29, 0.717) is 0 Å². The molecule has 12 aromatic rings. The highest BCUT2D eigenvalue weighted by atomic mass is 16.3. The summed E-state index contributed by atoms with van der Waals surface area (Å²) in [4.78, 5) is 2.39. The van der Waals surface area contributed by atoms with E-state index in [1.165, 1.54) is 33.4 Å². The van der Waals surface area contributed by atoms with Gasteiger partial charge < -0.3 is 13.7 Å². The number of hydrogen-bond donors (Lipinski definition) is 0. The molecule has 0 aliphatic heterocycles. The summed E-state index contributed by atoms with van der Waals surface area (Å²) in [5.74, 6) is 0. The van der Waals surface area contributed by atoms with Crippen LogP contribution in [0.4, 0.5) is 17.1 Å². The summed E-state index contributed by atoms with van der Waals surface area (Å²) in [6.07, 6.45) is 0. The smallest absolute Gasteiger partial charge is 0.143 e. The molecule has 13 rings (SSSR count). The lowest BCUT2D eigenvalue weighted by Crippen LogP contribution is -2.28. The first kappa shape index (κ1) is 36.3. The van der Waals surface area contributed by atoms with E-state index in [1.54, 1.807) is 0 Å². The fraction of sp³-hybridized carbons (Fsp3) is 0.0164. The third-order valence-electron chi connectivity index (χ3n) is 13.4. The molecule has 0 saturated heterocycles. The predicted octanol–water partition coefficient (Wildman–Crippen LogP) is 16.7. The zero-order valence-corrected chi connectivity index (χ0v) is 34.8. The first-order valence-electron chi connectivity index (χ1n) is 21.9. The molecule has 2 heterocycles. The monoisotopic (exact) mass is 817 g/mol. The van der Waals surface area contributed by atoms with E-state index in [1.807, 2.05) is 24.3 Å². The topological polar surface area (TPSA) is 29.5 Å². The van der Waals surface area contributed by atoms with Crippen molar-refractivity contribution >= 4 is 60.9 Å². The van der Waals surface area contributed by atoms with Crippen LogP contribution in [-0.2, 0) is 5.41 Å². The SMILES string of the molecule is c1ccc(C2(c3ccccc3)c3ccccc3-c3cc(N(c4ccc(-c5ccc6c(c5)oc5ccccc56)cc4)c4cccc(-c5cccc6c5oc5ccccc56)c4)ccc32)cc1. The quantitative estimate of drug-likeness (QED) is 0.160. The van der Waals surface area contributed by atoms with E-state index in [0.717, 1.165) is 83.2 Å². The van der Waals surface area contributed by atoms with E-state index in [-0.39, 0.29) is 0 Å². The molecule has 3 heteroatoms. The van der Waals surface area contributed by atoms with Crippen molar-refractivity contribution in [2.75, 3.05) is 4.90 Å². The van der Waals surface area contributed by atoms with E-state index in [2.05, 4.69) is 217 Å². The first-order chi connectivity index (χ1) is 31.7. The van der Waals surface area contributed by atoms with Crippen molar-refractivity contribution in [3.05, 3.63) is 259 Å². The molecular weight excluding hydrogens is 779 g/mol. The highest BCUT2D eigenvalue weighted by molar-refractivity contribution is 6.10. The Morgan fingerprint density at radius 1 is 0.297 bits per heavy atom. The second-order valence-corrected chi connectivity index (χ2v) is 16.8. The molecule has 0 saturated carbocycles. The van der Waals surface area contributed by atoms with Gasteiger partial charge in [-0.2, -0.15) is 0 Å². The molecule has 10 aromatic carbocycles. The van der Waals surface area contributed by atoms with Crippen LogP contribution in [0.1, 0.15) is 22.3 Å². The standard InChI is InChI=1S/C61H39NO2/c1-3-16-43(17-4-1)61(44-18-5-2-6-19-44)55-26-10-7-21-49(55)54-39-47(34-36-56(54)61)62(45-32-29-40(30-33-45)41-31-35-52-50-22-8-11-27-57(50)63-59(52)38-41)46-20-13-15-42(37-46)48-24-14-25-53-51-23-9-12-28-58(51)64-60(48)53/h1-39H. The third-order valence-corrected chi connectivity index (χ3v) is 13.4. The molecule has 64 heavy (non-hydrogen) atoms. The highest BCUT2D eigenvalue weighted by Gasteiger charge is 2.46. The van der Waals surface area contributed by atoms with Gasteiger partial charge in [-0.3, -0.25) is 0 Å². The number of fused-ring (bicyclic) bond motifs is 9. The van der Waals surface area contributed by atoms with Crippen LogP contribution < -0.4 is 4.90 Å². The van der Waals surface area contributed by atoms with Crippen molar-refractivity contribution in [3.63, 3.8) is 0 Å². The number of benzene rings is 10. The van der Waals surface area contributed by atoms with Crippen molar-refractivity contribution in [2.24, 2.45) is 0 Å². The normalized spacial score (nSPS) is 12.8. The minimum absolute atomic E-state index is 0.481. The second kappa shape index (κ2) is 14.3. The van der Waals surface area contributed by atoms with Gasteiger partial charge in [-0.1, -0.05) is 176 Å². The van der Waals surface area contributed by atoms with E-state index < -0.39 is 5.41 Å². The van der Waals surface area contributed by atoms with Crippen molar-refractivity contribution < 1.29 is 8.83 Å². The van der Waals surface area contributed by atoms with Gasteiger partial charge in [0.2, 0.25) is 0 Å². The van der Waals surface area contributed by atoms with E-state index in [4.69, 9.17) is 8.83 Å². The number of nitrogens with zero attached hydrogens (tertiary/aromatic N) is 1. The zero-order chi connectivity index (χ0) is 42.2. The molecule has 0 atom stereocenters. The Kier molecular flexibility index (Phi) is 8.13. The van der Waals surface area contributed by atoms with Gasteiger partial charge in [-0.15, -0.1) is 0 Å². The molecule has 1 aliphatic rings. The Hall–Kier alpha value is -8.40. The van der Waals surface area contributed by atoms with Crippen molar-refractivity contribution in [1.29, 1.82) is 0 Å². The molecule has 0 fully saturated rings. The molecule has 1 aliphatic carbocycles. The van der Waals surface area contributed by atoms with Gasteiger partial charge >= 0.3 is 0 Å². The summed E-state index contributed by atoms with van der Waals surface area (Å²) >= 11 is 0. The Morgan fingerprint density at radius 2 is 0.859 bits per heavy atom. The third kappa shape index (κ3) is 5.47. The maximum absolute atomic E-state index is 6.56. The van der Waals surface area contributed by atoms with Crippen LogP contribution in [0, 0.1) is 0 Å². The fourth-order valence-electron chi connectivity index (χ4n) is 10.5. The molecule has 2 aromatic heterocycles. The molecule has 0 unspecified atom stereocenters. The van der Waals surface area contributed by atoms with Crippen molar-refractivity contribution in [1.82, 2.24) is 0 Å². The summed E-state index contributed by atoms with van der Waals surface area (Å²) < 4.78 is 12.9. The highest BCUT2D eigenvalue weighted by Crippen LogP contribution is 2.57. The van der Waals surface area contributed by atoms with E-state index in [9.17, 15) is 0 Å². The van der Waals surface area contributed by atoms with E-state index >= 15 is 0 Å². The van der Waals surface area contributed by atoms with Gasteiger partial charge in [-0.25, -0.2) is 0 Å². The summed E-state index contributed by atoms with van der Waals surface area (Å²) in [6.45, 7) is 0. The molecule has 0 radical (unpaired) electrons. The molecule has 0 amide bonds. The zero-order valence-electron chi connectivity index (χ0n) is 34.8. The maximum Gasteiger partial charge on any atom is 0.143 e. The maximum atomic E-state index is 6.56. The largest absolute Gasteiger partial charge is 0.456 e. The summed E-state index contributed by atoms with van der Waals surface area (Å²) in [5, 5.41) is 4.50. The lowest BCUT2D eigenvalue weighted by molar-refractivity contribution is 0.669. The molecule has 0 spiro atoms. The van der Waals surface area contributed by atoms with Crippen LogP contribution in [0.25, 0.3) is 77.3 Å². The van der Waals surface area contributed by atoms with Crippen molar-refractivity contribution in [3.8, 4) is 33.4 Å². The minimum Gasteiger partial charge on any atom is -0.456 e. The molecule has 3 nitrogen and oxygen atoms in total. The summed E-state index contributed by atoms with van der Waals surface area (Å²) in [7, 11) is 0. The van der Waals surface area contributed by atoms with Crippen LogP contribution in [0.2, 0.25) is 0 Å². The van der Waals surface area contributed by atoms with Gasteiger partial charge in [0.05, 0.1) is 5.41 Å². The summed E-state index contributed by atoms with van der Waals surface area (Å²) in [6, 6.07) is 85.3. The lowest BCUT2D eigenvalue weighted by Gasteiger charge is -2.34. The average Bonchev–Trinajstić information content (AvgIpc) is 4.03. The number of rotatable bonds is 7. The molecule has 0 bridgehead atoms. The van der Waals surface area contributed by atoms with Gasteiger partial charge in [0.1, 0.15) is 22.3 Å². The van der Waals surface area contributed by atoms with Gasteiger partial charge in [0, 0.05) is 44.2 Å². The number of anilines is 3. The Labute approximate surface area is 370 Å². The van der Waals surface area contributed by atoms with Crippen LogP contribution in [0.15, 0.2) is 245 Å².